The number of urea groups is 1. The first-order valence-electron chi connectivity index (χ1n) is 6.13. The molecule has 0 unspecified atom stereocenters. The molecule has 0 aromatic carbocycles. The van der Waals surface area contributed by atoms with Gasteiger partial charge in [-0.25, -0.2) is 4.79 Å². The lowest BCUT2D eigenvalue weighted by Crippen LogP contribution is -2.44. The Balaban J connectivity index is 2.48. The quantitative estimate of drug-likeness (QED) is 0.763. The van der Waals surface area contributed by atoms with Gasteiger partial charge in [-0.3, -0.25) is 0 Å². The van der Waals surface area contributed by atoms with Gasteiger partial charge in [0.1, 0.15) is 0 Å². The Kier molecular flexibility index (Phi) is 4.92. The zero-order chi connectivity index (χ0) is 11.3. The Morgan fingerprint density at radius 3 is 2.47 bits per heavy atom. The summed E-state index contributed by atoms with van der Waals surface area (Å²) in [5, 5.41) is 2.75. The number of nitrogens with one attached hydrogen (secondary N) is 1. The maximum atomic E-state index is 11.7. The maximum absolute atomic E-state index is 11.7. The Morgan fingerprint density at radius 2 is 2.00 bits per heavy atom. The van der Waals surface area contributed by atoms with Gasteiger partial charge in [-0.1, -0.05) is 26.7 Å². The summed E-state index contributed by atoms with van der Waals surface area (Å²) in [6, 6.07) is 0.589. The van der Waals surface area contributed by atoms with Crippen LogP contribution in [0.5, 0.6) is 0 Å². The van der Waals surface area contributed by atoms with Crippen LogP contribution < -0.4 is 5.32 Å². The van der Waals surface area contributed by atoms with Crippen LogP contribution in [0, 0.1) is 5.92 Å². The van der Waals surface area contributed by atoms with Gasteiger partial charge in [0.25, 0.3) is 0 Å². The smallest absolute Gasteiger partial charge is 0.317 e. The third-order valence-electron chi connectivity index (χ3n) is 3.19. The van der Waals surface area contributed by atoms with Crippen molar-refractivity contribution in [3.8, 4) is 0 Å². The number of hydrogen-bond acceptors (Lipinski definition) is 1. The Bertz CT molecular complexity index is 198. The second-order valence-corrected chi connectivity index (χ2v) is 4.87. The Labute approximate surface area is 93.2 Å². The molecule has 1 aliphatic rings. The van der Waals surface area contributed by atoms with Crippen LogP contribution in [0.4, 0.5) is 4.79 Å². The summed E-state index contributed by atoms with van der Waals surface area (Å²) in [5.41, 5.74) is 0. The Morgan fingerprint density at radius 1 is 1.40 bits per heavy atom. The fourth-order valence-corrected chi connectivity index (χ4v) is 2.21. The number of carbonyl (C=O) groups excluding carboxylic acids is 1. The molecule has 1 fully saturated rings. The van der Waals surface area contributed by atoms with E-state index in [0.29, 0.717) is 12.0 Å². The molecule has 1 N–H and O–H groups in total. The summed E-state index contributed by atoms with van der Waals surface area (Å²) in [7, 11) is 1.72. The Hall–Kier alpha value is -0.730. The number of carbonyl (C=O) groups is 1. The van der Waals surface area contributed by atoms with Gasteiger partial charge in [0.05, 0.1) is 0 Å². The molecule has 0 bridgehead atoms. The van der Waals surface area contributed by atoms with Crippen molar-refractivity contribution in [2.45, 2.75) is 52.0 Å². The molecule has 88 valence electrons. The first-order chi connectivity index (χ1) is 7.15. The standard InChI is InChI=1S/C12H24N2O/c1-10(2)8-9-14(12(15)13-3)11-6-4-5-7-11/h10-11H,4-9H2,1-3H3,(H,13,15). The van der Waals surface area contributed by atoms with E-state index in [2.05, 4.69) is 19.2 Å². The highest BCUT2D eigenvalue weighted by atomic mass is 16.2. The first-order valence-corrected chi connectivity index (χ1v) is 6.13. The fraction of sp³-hybridized carbons (Fsp3) is 0.917. The summed E-state index contributed by atoms with van der Waals surface area (Å²) in [5.74, 6) is 0.665. The van der Waals surface area contributed by atoms with Gasteiger partial charge in [-0.2, -0.15) is 0 Å². The molecule has 1 aliphatic carbocycles. The van der Waals surface area contributed by atoms with E-state index in [1.807, 2.05) is 4.90 Å². The van der Waals surface area contributed by atoms with Crippen molar-refractivity contribution in [1.29, 1.82) is 0 Å². The molecular weight excluding hydrogens is 188 g/mol. The monoisotopic (exact) mass is 212 g/mol. The van der Waals surface area contributed by atoms with Gasteiger partial charge in [-0.15, -0.1) is 0 Å². The van der Waals surface area contributed by atoms with Crippen LogP contribution >= 0.6 is 0 Å². The zero-order valence-corrected chi connectivity index (χ0v) is 10.3. The minimum absolute atomic E-state index is 0.0996. The van der Waals surface area contributed by atoms with E-state index < -0.39 is 0 Å². The molecule has 0 aromatic heterocycles. The molecule has 0 aliphatic heterocycles. The van der Waals surface area contributed by atoms with Crippen LogP contribution in [0.15, 0.2) is 0 Å². The molecule has 0 atom stereocenters. The molecule has 1 rings (SSSR count). The van der Waals surface area contributed by atoms with Crippen molar-refractivity contribution in [2.24, 2.45) is 5.92 Å². The topological polar surface area (TPSA) is 32.3 Å². The molecule has 0 spiro atoms. The van der Waals surface area contributed by atoms with Crippen molar-refractivity contribution >= 4 is 6.03 Å². The third kappa shape index (κ3) is 3.73. The molecule has 2 amide bonds. The van der Waals surface area contributed by atoms with Crippen LogP contribution in [-0.4, -0.2) is 30.6 Å². The summed E-state index contributed by atoms with van der Waals surface area (Å²) in [4.78, 5) is 13.8. The van der Waals surface area contributed by atoms with Crippen LogP contribution in [0.25, 0.3) is 0 Å². The van der Waals surface area contributed by atoms with E-state index in [1.165, 1.54) is 25.7 Å². The number of hydrogen-bond donors (Lipinski definition) is 1. The van der Waals surface area contributed by atoms with Crippen molar-refractivity contribution in [1.82, 2.24) is 10.2 Å². The van der Waals surface area contributed by atoms with Crippen LogP contribution in [0.2, 0.25) is 0 Å². The molecule has 3 nitrogen and oxygen atoms in total. The molecule has 3 heteroatoms. The number of amides is 2. The highest BCUT2D eigenvalue weighted by Crippen LogP contribution is 2.24. The van der Waals surface area contributed by atoms with Crippen LogP contribution in [0.1, 0.15) is 46.0 Å². The minimum Gasteiger partial charge on any atom is -0.341 e. The van der Waals surface area contributed by atoms with Gasteiger partial charge in [0.15, 0.2) is 0 Å². The van der Waals surface area contributed by atoms with E-state index in [0.717, 1.165) is 13.0 Å². The van der Waals surface area contributed by atoms with Crippen molar-refractivity contribution in [3.05, 3.63) is 0 Å². The SMILES string of the molecule is CNC(=O)N(CCC(C)C)C1CCCC1. The van der Waals surface area contributed by atoms with E-state index in [1.54, 1.807) is 7.05 Å². The molecule has 0 heterocycles. The molecule has 15 heavy (non-hydrogen) atoms. The van der Waals surface area contributed by atoms with Gasteiger partial charge < -0.3 is 10.2 Å². The van der Waals surface area contributed by atoms with Gasteiger partial charge >= 0.3 is 6.03 Å². The zero-order valence-electron chi connectivity index (χ0n) is 10.3. The maximum Gasteiger partial charge on any atom is 0.317 e. The largest absolute Gasteiger partial charge is 0.341 e. The summed E-state index contributed by atoms with van der Waals surface area (Å²) < 4.78 is 0. The lowest BCUT2D eigenvalue weighted by molar-refractivity contribution is 0.173. The second-order valence-electron chi connectivity index (χ2n) is 4.87. The average molecular weight is 212 g/mol. The number of rotatable bonds is 4. The minimum atomic E-state index is 0.0996. The molecule has 0 aromatic rings. The first kappa shape index (κ1) is 12.3. The van der Waals surface area contributed by atoms with Crippen molar-refractivity contribution < 1.29 is 4.79 Å². The molecular formula is C12H24N2O. The van der Waals surface area contributed by atoms with Crippen LogP contribution in [0.3, 0.4) is 0 Å². The third-order valence-corrected chi connectivity index (χ3v) is 3.19. The van der Waals surface area contributed by atoms with E-state index >= 15 is 0 Å². The number of nitrogens with zero attached hydrogens (tertiary/aromatic N) is 1. The van der Waals surface area contributed by atoms with E-state index in [-0.39, 0.29) is 6.03 Å². The predicted octanol–water partition coefficient (Wildman–Crippen LogP) is 2.62. The van der Waals surface area contributed by atoms with E-state index in [9.17, 15) is 4.79 Å². The highest BCUT2D eigenvalue weighted by molar-refractivity contribution is 5.74. The molecule has 0 radical (unpaired) electrons. The second kappa shape index (κ2) is 5.99. The van der Waals surface area contributed by atoms with Gasteiger partial charge in [0.2, 0.25) is 0 Å². The summed E-state index contributed by atoms with van der Waals surface area (Å²) >= 11 is 0. The lowest BCUT2D eigenvalue weighted by atomic mass is 10.1. The highest BCUT2D eigenvalue weighted by Gasteiger charge is 2.25. The fourth-order valence-electron chi connectivity index (χ4n) is 2.21. The van der Waals surface area contributed by atoms with Crippen molar-refractivity contribution in [3.63, 3.8) is 0 Å². The van der Waals surface area contributed by atoms with Crippen LogP contribution in [-0.2, 0) is 0 Å². The van der Waals surface area contributed by atoms with Gasteiger partial charge in [-0.05, 0) is 25.2 Å². The molecule has 1 saturated carbocycles. The predicted molar refractivity (Wildman–Crippen MR) is 62.9 cm³/mol. The van der Waals surface area contributed by atoms with E-state index in [4.69, 9.17) is 0 Å². The van der Waals surface area contributed by atoms with Crippen molar-refractivity contribution in [2.75, 3.05) is 13.6 Å². The molecule has 0 saturated heterocycles. The average Bonchev–Trinajstić information content (AvgIpc) is 2.70. The normalized spacial score (nSPS) is 17.1. The lowest BCUT2D eigenvalue weighted by Gasteiger charge is -2.29. The summed E-state index contributed by atoms with van der Waals surface area (Å²) in [6.07, 6.45) is 6.03. The van der Waals surface area contributed by atoms with Gasteiger partial charge in [0, 0.05) is 19.6 Å². The summed E-state index contributed by atoms with van der Waals surface area (Å²) in [6.45, 7) is 5.31.